The van der Waals surface area contributed by atoms with E-state index in [9.17, 15) is 15.0 Å². The molecule has 4 nitrogen and oxygen atoms in total. The molecule has 1 aliphatic rings. The van der Waals surface area contributed by atoms with E-state index in [1.807, 2.05) is 6.92 Å². The lowest BCUT2D eigenvalue weighted by atomic mass is 9.73. The van der Waals surface area contributed by atoms with Crippen molar-refractivity contribution in [3.63, 3.8) is 0 Å². The predicted molar refractivity (Wildman–Crippen MR) is 82.1 cm³/mol. The van der Waals surface area contributed by atoms with Gasteiger partial charge in [-0.25, -0.2) is 0 Å². The van der Waals surface area contributed by atoms with Crippen LogP contribution in [0.2, 0.25) is 0 Å². The van der Waals surface area contributed by atoms with Crippen LogP contribution in [0, 0.1) is 12.3 Å². The second-order valence-electron chi connectivity index (χ2n) is 6.20. The van der Waals surface area contributed by atoms with Crippen molar-refractivity contribution in [2.24, 2.45) is 5.41 Å². The number of aliphatic hydroxyl groups is 1. The fourth-order valence-electron chi connectivity index (χ4n) is 3.22. The molecule has 21 heavy (non-hydrogen) atoms. The molecule has 1 aliphatic heterocycles. The first-order chi connectivity index (χ1) is 9.98. The Labute approximate surface area is 126 Å². The van der Waals surface area contributed by atoms with Crippen molar-refractivity contribution in [3.8, 4) is 0 Å². The van der Waals surface area contributed by atoms with Crippen LogP contribution in [0.1, 0.15) is 37.3 Å². The Morgan fingerprint density at radius 3 is 2.57 bits per heavy atom. The van der Waals surface area contributed by atoms with Crippen LogP contribution in [-0.2, 0) is 11.3 Å². The summed E-state index contributed by atoms with van der Waals surface area (Å²) in [6.07, 6.45) is 1.04. The maximum atomic E-state index is 11.6. The van der Waals surface area contributed by atoms with Gasteiger partial charge in [0.15, 0.2) is 0 Å². The van der Waals surface area contributed by atoms with Crippen molar-refractivity contribution in [1.29, 1.82) is 0 Å². The number of β-amino-alcohol motifs (C(OH)–C–C–N with tert-alkyl or cyclic N) is 1. The Balaban J connectivity index is 2.02. The molecule has 0 bridgehead atoms. The standard InChI is InChI=1S/C17H25NO3/c1-3-8-17(16(20)21)9-10-18(12-15(17)19)11-14-6-4-13(2)5-7-14/h4-7,15,19H,3,8-12H2,1-2H3,(H,20,21)/t15-,17-/m0/s1. The van der Waals surface area contributed by atoms with Crippen LogP contribution in [0.4, 0.5) is 0 Å². The van der Waals surface area contributed by atoms with Gasteiger partial charge in [0, 0.05) is 13.1 Å². The Bertz CT molecular complexity index is 485. The van der Waals surface area contributed by atoms with Crippen molar-refractivity contribution in [1.82, 2.24) is 4.90 Å². The number of carbonyl (C=O) groups is 1. The van der Waals surface area contributed by atoms with Crippen LogP contribution in [0.15, 0.2) is 24.3 Å². The molecule has 1 fully saturated rings. The molecule has 2 rings (SSSR count). The summed E-state index contributed by atoms with van der Waals surface area (Å²) in [4.78, 5) is 13.7. The number of hydrogen-bond acceptors (Lipinski definition) is 3. The van der Waals surface area contributed by atoms with Crippen molar-refractivity contribution in [2.75, 3.05) is 13.1 Å². The zero-order chi connectivity index (χ0) is 15.5. The lowest BCUT2D eigenvalue weighted by molar-refractivity contribution is -0.164. The molecule has 1 saturated heterocycles. The van der Waals surface area contributed by atoms with Crippen molar-refractivity contribution in [2.45, 2.75) is 45.8 Å². The van der Waals surface area contributed by atoms with Crippen LogP contribution in [-0.4, -0.2) is 40.3 Å². The van der Waals surface area contributed by atoms with Crippen LogP contribution < -0.4 is 0 Å². The average Bonchev–Trinajstić information content (AvgIpc) is 2.44. The van der Waals surface area contributed by atoms with Gasteiger partial charge in [-0.2, -0.15) is 0 Å². The van der Waals surface area contributed by atoms with E-state index in [0.29, 0.717) is 19.4 Å². The van der Waals surface area contributed by atoms with Gasteiger partial charge in [0.2, 0.25) is 0 Å². The number of aliphatic hydroxyl groups excluding tert-OH is 1. The summed E-state index contributed by atoms with van der Waals surface area (Å²) >= 11 is 0. The van der Waals surface area contributed by atoms with Gasteiger partial charge < -0.3 is 10.2 Å². The largest absolute Gasteiger partial charge is 0.481 e. The molecule has 1 aromatic carbocycles. The summed E-state index contributed by atoms with van der Waals surface area (Å²) in [6, 6.07) is 8.34. The first-order valence-corrected chi connectivity index (χ1v) is 7.67. The van der Waals surface area contributed by atoms with Gasteiger partial charge in [-0.05, 0) is 31.9 Å². The number of hydrogen-bond donors (Lipinski definition) is 2. The van der Waals surface area contributed by atoms with E-state index in [2.05, 4.69) is 36.1 Å². The minimum atomic E-state index is -0.960. The second kappa shape index (κ2) is 6.58. The van der Waals surface area contributed by atoms with Crippen LogP contribution in [0.25, 0.3) is 0 Å². The summed E-state index contributed by atoms with van der Waals surface area (Å²) < 4.78 is 0. The molecule has 0 unspecified atom stereocenters. The Morgan fingerprint density at radius 2 is 2.05 bits per heavy atom. The number of carboxylic acids is 1. The van der Waals surface area contributed by atoms with E-state index in [1.165, 1.54) is 11.1 Å². The van der Waals surface area contributed by atoms with E-state index in [1.54, 1.807) is 0 Å². The van der Waals surface area contributed by atoms with Gasteiger partial charge in [-0.15, -0.1) is 0 Å². The van der Waals surface area contributed by atoms with Crippen LogP contribution in [0.3, 0.4) is 0 Å². The van der Waals surface area contributed by atoms with E-state index in [-0.39, 0.29) is 0 Å². The lowest BCUT2D eigenvalue weighted by Crippen LogP contribution is -2.54. The van der Waals surface area contributed by atoms with E-state index in [0.717, 1.165) is 19.5 Å². The topological polar surface area (TPSA) is 60.8 Å². The third-order valence-electron chi connectivity index (χ3n) is 4.59. The van der Waals surface area contributed by atoms with Crippen molar-refractivity contribution in [3.05, 3.63) is 35.4 Å². The number of benzene rings is 1. The van der Waals surface area contributed by atoms with E-state index >= 15 is 0 Å². The first kappa shape index (κ1) is 16.0. The molecule has 0 radical (unpaired) electrons. The molecule has 4 heteroatoms. The third-order valence-corrected chi connectivity index (χ3v) is 4.59. The maximum absolute atomic E-state index is 11.6. The highest BCUT2D eigenvalue weighted by Crippen LogP contribution is 2.37. The van der Waals surface area contributed by atoms with Gasteiger partial charge in [-0.1, -0.05) is 43.2 Å². The number of nitrogens with zero attached hydrogens (tertiary/aromatic N) is 1. The molecular weight excluding hydrogens is 266 g/mol. The molecule has 0 spiro atoms. The highest BCUT2D eigenvalue weighted by Gasteiger charge is 2.47. The maximum Gasteiger partial charge on any atom is 0.312 e. The fourth-order valence-corrected chi connectivity index (χ4v) is 3.22. The molecule has 0 aromatic heterocycles. The summed E-state index contributed by atoms with van der Waals surface area (Å²) in [6.45, 7) is 5.94. The van der Waals surface area contributed by atoms with Crippen LogP contribution in [0.5, 0.6) is 0 Å². The molecule has 0 saturated carbocycles. The van der Waals surface area contributed by atoms with Gasteiger partial charge >= 0.3 is 5.97 Å². The fraction of sp³-hybridized carbons (Fsp3) is 0.588. The lowest BCUT2D eigenvalue weighted by Gasteiger charge is -2.42. The predicted octanol–water partition coefficient (Wildman–Crippen LogP) is 2.43. The number of rotatable bonds is 5. The summed E-state index contributed by atoms with van der Waals surface area (Å²) in [5, 5.41) is 19.9. The quantitative estimate of drug-likeness (QED) is 0.874. The number of aryl methyl sites for hydroxylation is 1. The first-order valence-electron chi connectivity index (χ1n) is 7.67. The summed E-state index contributed by atoms with van der Waals surface area (Å²) in [7, 11) is 0. The molecule has 1 heterocycles. The molecule has 0 aliphatic carbocycles. The molecule has 0 amide bonds. The van der Waals surface area contributed by atoms with Gasteiger partial charge in [-0.3, -0.25) is 9.69 Å². The van der Waals surface area contributed by atoms with Gasteiger partial charge in [0.1, 0.15) is 0 Å². The number of aliphatic carboxylic acids is 1. The molecule has 116 valence electrons. The Hall–Kier alpha value is -1.39. The highest BCUT2D eigenvalue weighted by molar-refractivity contribution is 5.75. The van der Waals surface area contributed by atoms with E-state index in [4.69, 9.17) is 0 Å². The van der Waals surface area contributed by atoms with E-state index < -0.39 is 17.5 Å². The molecular formula is C17H25NO3. The molecule has 2 atom stereocenters. The minimum Gasteiger partial charge on any atom is -0.481 e. The summed E-state index contributed by atoms with van der Waals surface area (Å²) in [5.74, 6) is -0.855. The second-order valence-corrected chi connectivity index (χ2v) is 6.20. The SMILES string of the molecule is CCC[C@]1(C(=O)O)CCN(Cc2ccc(C)cc2)C[C@@H]1O. The Kier molecular flexibility index (Phi) is 5.01. The number of carboxylic acid groups (broad SMARTS) is 1. The normalized spacial score (nSPS) is 26.7. The molecule has 1 aromatic rings. The number of likely N-dealkylation sites (tertiary alicyclic amines) is 1. The highest BCUT2D eigenvalue weighted by atomic mass is 16.4. The molecule has 2 N–H and O–H groups in total. The summed E-state index contributed by atoms with van der Waals surface area (Å²) in [5.41, 5.74) is 1.47. The Morgan fingerprint density at radius 1 is 1.38 bits per heavy atom. The zero-order valence-electron chi connectivity index (χ0n) is 12.9. The monoisotopic (exact) mass is 291 g/mol. The minimum absolute atomic E-state index is 0.431. The van der Waals surface area contributed by atoms with Crippen LogP contribution >= 0.6 is 0 Å². The third kappa shape index (κ3) is 3.44. The van der Waals surface area contributed by atoms with Crippen molar-refractivity contribution < 1.29 is 15.0 Å². The average molecular weight is 291 g/mol. The van der Waals surface area contributed by atoms with Gasteiger partial charge in [0.25, 0.3) is 0 Å². The zero-order valence-corrected chi connectivity index (χ0v) is 12.9. The van der Waals surface area contributed by atoms with Gasteiger partial charge in [0.05, 0.1) is 11.5 Å². The number of piperidine rings is 1. The van der Waals surface area contributed by atoms with Crippen molar-refractivity contribution >= 4 is 5.97 Å². The smallest absolute Gasteiger partial charge is 0.312 e.